The Hall–Kier alpha value is -1.08. The summed E-state index contributed by atoms with van der Waals surface area (Å²) in [6.45, 7) is 7.42. The molecule has 1 aromatic carbocycles. The van der Waals surface area contributed by atoms with Crippen molar-refractivity contribution in [1.82, 2.24) is 5.32 Å². The van der Waals surface area contributed by atoms with Crippen LogP contribution < -0.4 is 5.32 Å². The zero-order valence-electron chi connectivity index (χ0n) is 13.5. The highest BCUT2D eigenvalue weighted by molar-refractivity contribution is 9.10. The molecule has 1 aromatic rings. The molecule has 1 aliphatic heterocycles. The number of amides is 1. The first-order valence-electron chi connectivity index (χ1n) is 7.33. The molecule has 0 bridgehead atoms. The molecule has 0 radical (unpaired) electrons. The van der Waals surface area contributed by atoms with Crippen LogP contribution in [0.5, 0.6) is 0 Å². The Morgan fingerprint density at radius 2 is 2.17 bits per heavy atom. The number of alkyl carbamates (subject to hydrolysis) is 1. The maximum Gasteiger partial charge on any atom is 0.413 e. The molecule has 0 fully saturated rings. The molecular weight excluding hydrogens is 383 g/mol. The van der Waals surface area contributed by atoms with Gasteiger partial charge in [0.25, 0.3) is 0 Å². The van der Waals surface area contributed by atoms with Gasteiger partial charge >= 0.3 is 6.09 Å². The van der Waals surface area contributed by atoms with Gasteiger partial charge in [0, 0.05) is 15.3 Å². The maximum absolute atomic E-state index is 14.1. The monoisotopic (exact) mass is 402 g/mol. The molecule has 2 rings (SSSR count). The minimum atomic E-state index is -0.578. The van der Waals surface area contributed by atoms with Gasteiger partial charge in [0.1, 0.15) is 11.4 Å². The number of nitrogens with zero attached hydrogens (tertiary/aromatic N) is 1. The largest absolute Gasteiger partial charge is 0.444 e. The quantitative estimate of drug-likeness (QED) is 0.715. The average molecular weight is 403 g/mol. The van der Waals surface area contributed by atoms with Gasteiger partial charge in [0.05, 0.1) is 6.04 Å². The fourth-order valence-electron chi connectivity index (χ4n) is 2.20. The fraction of sp³-hybridized carbons (Fsp3) is 0.500. The molecule has 4 nitrogen and oxygen atoms in total. The Morgan fingerprint density at radius 3 is 2.83 bits per heavy atom. The zero-order chi connectivity index (χ0) is 17.2. The third-order valence-electron chi connectivity index (χ3n) is 3.07. The summed E-state index contributed by atoms with van der Waals surface area (Å²) in [6, 6.07) is 4.48. The number of hydrogen-bond acceptors (Lipinski definition) is 4. The number of thioether (sulfide) groups is 1. The predicted molar refractivity (Wildman–Crippen MR) is 95.3 cm³/mol. The van der Waals surface area contributed by atoms with E-state index in [0.29, 0.717) is 17.2 Å². The summed E-state index contributed by atoms with van der Waals surface area (Å²) >= 11 is 4.81. The van der Waals surface area contributed by atoms with Crippen LogP contribution in [0.4, 0.5) is 9.18 Å². The van der Waals surface area contributed by atoms with Crippen molar-refractivity contribution in [2.45, 2.75) is 51.0 Å². The van der Waals surface area contributed by atoms with Crippen molar-refractivity contribution in [1.29, 1.82) is 0 Å². The number of benzene rings is 1. The highest BCUT2D eigenvalue weighted by atomic mass is 79.9. The smallest absolute Gasteiger partial charge is 0.413 e. The summed E-state index contributed by atoms with van der Waals surface area (Å²) in [5.74, 6) is -0.294. The van der Waals surface area contributed by atoms with E-state index in [4.69, 9.17) is 4.74 Å². The van der Waals surface area contributed by atoms with Gasteiger partial charge in [-0.1, -0.05) is 34.6 Å². The number of amidine groups is 1. The summed E-state index contributed by atoms with van der Waals surface area (Å²) in [5.41, 5.74) is -0.0548. The molecule has 0 aliphatic carbocycles. The maximum atomic E-state index is 14.1. The topological polar surface area (TPSA) is 50.7 Å². The predicted octanol–water partition coefficient (Wildman–Crippen LogP) is 5.04. The number of carbonyl (C=O) groups excluding carboxylic acids is 1. The lowest BCUT2D eigenvalue weighted by Gasteiger charge is -2.26. The molecule has 1 heterocycles. The second-order valence-electron chi connectivity index (χ2n) is 6.41. The van der Waals surface area contributed by atoms with Crippen LogP contribution >= 0.6 is 27.7 Å². The highest BCUT2D eigenvalue weighted by Gasteiger charge is 2.27. The normalized spacial score (nSPS) is 21.6. The number of nitrogens with one attached hydrogen (secondary N) is 1. The van der Waals surface area contributed by atoms with Crippen molar-refractivity contribution in [2.24, 2.45) is 4.99 Å². The van der Waals surface area contributed by atoms with Crippen LogP contribution in [0.1, 0.15) is 45.7 Å². The van der Waals surface area contributed by atoms with E-state index in [-0.39, 0.29) is 17.1 Å². The Balaban J connectivity index is 2.19. The van der Waals surface area contributed by atoms with Crippen molar-refractivity contribution < 1.29 is 13.9 Å². The molecule has 23 heavy (non-hydrogen) atoms. The van der Waals surface area contributed by atoms with E-state index in [1.807, 2.05) is 6.92 Å². The number of aliphatic imine (C=N–C) groups is 1. The summed E-state index contributed by atoms with van der Waals surface area (Å²) < 4.78 is 20.1. The number of rotatable bonds is 1. The molecular formula is C16H20BrFN2O2S. The van der Waals surface area contributed by atoms with Crippen LogP contribution in [-0.2, 0) is 4.74 Å². The van der Waals surface area contributed by atoms with E-state index in [1.165, 1.54) is 17.8 Å². The molecule has 126 valence electrons. The number of carbonyl (C=O) groups is 1. The van der Waals surface area contributed by atoms with E-state index in [0.717, 1.165) is 4.47 Å². The van der Waals surface area contributed by atoms with Crippen molar-refractivity contribution in [3.63, 3.8) is 0 Å². The van der Waals surface area contributed by atoms with E-state index < -0.39 is 11.7 Å². The minimum Gasteiger partial charge on any atom is -0.444 e. The van der Waals surface area contributed by atoms with E-state index in [9.17, 15) is 9.18 Å². The van der Waals surface area contributed by atoms with Crippen LogP contribution in [-0.4, -0.2) is 22.1 Å². The van der Waals surface area contributed by atoms with Crippen LogP contribution in [0.2, 0.25) is 0 Å². The molecule has 1 aliphatic rings. The Kier molecular flexibility index (Phi) is 5.73. The Morgan fingerprint density at radius 1 is 1.48 bits per heavy atom. The first kappa shape index (κ1) is 18.3. The molecule has 0 saturated heterocycles. The van der Waals surface area contributed by atoms with Crippen LogP contribution in [0, 0.1) is 5.82 Å². The SMILES string of the molecule is CC1CC(c2cc(Br)ccc2F)N=C(NC(=O)OC(C)(C)C)S1. The molecule has 0 saturated carbocycles. The van der Waals surface area contributed by atoms with E-state index in [2.05, 4.69) is 26.2 Å². The summed E-state index contributed by atoms with van der Waals surface area (Å²) in [4.78, 5) is 16.4. The standard InChI is InChI=1S/C16H20BrFN2O2S/c1-9-7-13(11-8-10(17)5-6-12(11)18)19-14(23-9)20-15(21)22-16(2,3)4/h5-6,8-9,13H,7H2,1-4H3,(H,19,20,21). The Bertz CT molecular complexity index is 631. The fourth-order valence-corrected chi connectivity index (χ4v) is 3.57. The summed E-state index contributed by atoms with van der Waals surface area (Å²) in [6.07, 6.45) is 0.156. The highest BCUT2D eigenvalue weighted by Crippen LogP contribution is 2.35. The lowest BCUT2D eigenvalue weighted by atomic mass is 10.0. The second-order valence-corrected chi connectivity index (χ2v) is 8.75. The third kappa shape index (κ3) is 5.49. The van der Waals surface area contributed by atoms with Gasteiger partial charge in [-0.3, -0.25) is 10.3 Å². The molecule has 0 aromatic heterocycles. The summed E-state index contributed by atoms with van der Waals surface area (Å²) in [5, 5.41) is 3.33. The zero-order valence-corrected chi connectivity index (χ0v) is 15.9. The van der Waals surface area contributed by atoms with Gasteiger partial charge in [-0.15, -0.1) is 0 Å². The third-order valence-corrected chi connectivity index (χ3v) is 4.58. The number of hydrogen-bond donors (Lipinski definition) is 1. The van der Waals surface area contributed by atoms with Crippen LogP contribution in [0.25, 0.3) is 0 Å². The molecule has 7 heteroatoms. The molecule has 1 amide bonds. The minimum absolute atomic E-state index is 0.209. The van der Waals surface area contributed by atoms with Gasteiger partial charge in [0.2, 0.25) is 0 Å². The summed E-state index contributed by atoms with van der Waals surface area (Å²) in [7, 11) is 0. The number of halogens is 2. The van der Waals surface area contributed by atoms with Gasteiger partial charge in [-0.05, 0) is 45.4 Å². The first-order chi connectivity index (χ1) is 10.6. The van der Waals surface area contributed by atoms with Gasteiger partial charge in [0.15, 0.2) is 5.17 Å². The van der Waals surface area contributed by atoms with Gasteiger partial charge in [-0.25, -0.2) is 9.18 Å². The van der Waals surface area contributed by atoms with Crippen LogP contribution in [0.15, 0.2) is 27.7 Å². The number of ether oxygens (including phenoxy) is 1. The van der Waals surface area contributed by atoms with E-state index >= 15 is 0 Å². The molecule has 0 spiro atoms. The van der Waals surface area contributed by atoms with Crippen molar-refractivity contribution in [3.05, 3.63) is 34.1 Å². The van der Waals surface area contributed by atoms with Crippen molar-refractivity contribution in [2.75, 3.05) is 0 Å². The average Bonchev–Trinajstić information content (AvgIpc) is 2.38. The van der Waals surface area contributed by atoms with Crippen molar-refractivity contribution in [3.8, 4) is 0 Å². The molecule has 1 N–H and O–H groups in total. The van der Waals surface area contributed by atoms with E-state index in [1.54, 1.807) is 32.9 Å². The lowest BCUT2D eigenvalue weighted by molar-refractivity contribution is 0.0564. The molecule has 2 atom stereocenters. The van der Waals surface area contributed by atoms with Crippen molar-refractivity contribution >= 4 is 39.0 Å². The van der Waals surface area contributed by atoms with Gasteiger partial charge < -0.3 is 4.74 Å². The second kappa shape index (κ2) is 7.21. The first-order valence-corrected chi connectivity index (χ1v) is 9.01. The lowest BCUT2D eigenvalue weighted by Crippen LogP contribution is -2.37. The van der Waals surface area contributed by atoms with Crippen LogP contribution in [0.3, 0.4) is 0 Å². The molecule has 2 unspecified atom stereocenters. The Labute approximate surface area is 148 Å². The van der Waals surface area contributed by atoms with Gasteiger partial charge in [-0.2, -0.15) is 0 Å².